The Morgan fingerprint density at radius 1 is 1.31 bits per heavy atom. The van der Waals surface area contributed by atoms with E-state index in [1.165, 1.54) is 18.2 Å². The van der Waals surface area contributed by atoms with Gasteiger partial charge in [-0.2, -0.15) is 0 Å². The highest BCUT2D eigenvalue weighted by atomic mass is 19.3. The Bertz CT molecular complexity index is 826. The monoisotopic (exact) mass is 367 g/mol. The van der Waals surface area contributed by atoms with Crippen LogP contribution in [-0.2, 0) is 9.59 Å². The van der Waals surface area contributed by atoms with Crippen LogP contribution in [0.5, 0.6) is 11.5 Å². The third kappa shape index (κ3) is 2.71. The summed E-state index contributed by atoms with van der Waals surface area (Å²) in [5.41, 5.74) is -0.797. The number of hydrogen-bond donors (Lipinski definition) is 2. The molecule has 10 heteroatoms. The van der Waals surface area contributed by atoms with Crippen LogP contribution in [0.3, 0.4) is 0 Å². The molecule has 1 aromatic rings. The second kappa shape index (κ2) is 5.29. The maximum atomic E-state index is 13.0. The lowest BCUT2D eigenvalue weighted by Gasteiger charge is -2.20. The summed E-state index contributed by atoms with van der Waals surface area (Å²) >= 11 is 0. The minimum absolute atomic E-state index is 0.0857. The molecule has 0 aromatic heterocycles. The zero-order chi connectivity index (χ0) is 18.7. The second-order valence-corrected chi connectivity index (χ2v) is 6.68. The van der Waals surface area contributed by atoms with Crippen LogP contribution in [0, 0.1) is 5.92 Å². The predicted octanol–water partition coefficient (Wildman–Crippen LogP) is 1.67. The molecule has 1 atom stereocenters. The van der Waals surface area contributed by atoms with Crippen molar-refractivity contribution in [3.8, 4) is 11.5 Å². The highest BCUT2D eigenvalue weighted by Gasteiger charge is 2.56. The van der Waals surface area contributed by atoms with E-state index >= 15 is 0 Å². The summed E-state index contributed by atoms with van der Waals surface area (Å²) in [6.07, 6.45) is -2.05. The first kappa shape index (κ1) is 16.6. The number of nitrogens with one attached hydrogen (secondary N) is 2. The SMILES string of the molecule is C[C@]1(C2CC2)NC(=O)N(CC(=O)Nc2ccc3c(c2)OC(F)(F)O3)C1=O. The lowest BCUT2D eigenvalue weighted by Crippen LogP contribution is -2.46. The fraction of sp³-hybridized carbons (Fsp3) is 0.438. The van der Waals surface area contributed by atoms with Gasteiger partial charge in [-0.3, -0.25) is 14.5 Å². The van der Waals surface area contributed by atoms with Crippen LogP contribution in [0.4, 0.5) is 19.3 Å². The van der Waals surface area contributed by atoms with Crippen molar-refractivity contribution in [2.24, 2.45) is 5.92 Å². The molecule has 26 heavy (non-hydrogen) atoms. The molecule has 2 N–H and O–H groups in total. The molecule has 0 radical (unpaired) electrons. The van der Waals surface area contributed by atoms with Crippen LogP contribution < -0.4 is 20.1 Å². The number of ether oxygens (including phenoxy) is 2. The molecule has 1 saturated carbocycles. The van der Waals surface area contributed by atoms with Crippen LogP contribution in [0.15, 0.2) is 18.2 Å². The minimum Gasteiger partial charge on any atom is -0.395 e. The molecular formula is C16H15F2N3O5. The van der Waals surface area contributed by atoms with Gasteiger partial charge in [0.2, 0.25) is 5.91 Å². The zero-order valence-electron chi connectivity index (χ0n) is 13.7. The molecule has 2 fully saturated rings. The number of carbonyl (C=O) groups excluding carboxylic acids is 3. The van der Waals surface area contributed by atoms with Gasteiger partial charge in [0.1, 0.15) is 12.1 Å². The third-order valence-electron chi connectivity index (χ3n) is 4.68. The Balaban J connectivity index is 1.42. The molecule has 138 valence electrons. The number of nitrogens with zero attached hydrogens (tertiary/aromatic N) is 1. The lowest BCUT2D eigenvalue weighted by atomic mass is 9.96. The van der Waals surface area contributed by atoms with Crippen molar-refractivity contribution in [1.82, 2.24) is 10.2 Å². The average Bonchev–Trinajstić information content (AvgIpc) is 3.31. The van der Waals surface area contributed by atoms with E-state index in [0.717, 1.165) is 17.7 Å². The summed E-state index contributed by atoms with van der Waals surface area (Å²) in [5.74, 6) is -1.36. The van der Waals surface area contributed by atoms with Crippen molar-refractivity contribution in [2.45, 2.75) is 31.6 Å². The number of hydrogen-bond acceptors (Lipinski definition) is 5. The van der Waals surface area contributed by atoms with Gasteiger partial charge in [0, 0.05) is 11.8 Å². The first-order chi connectivity index (χ1) is 12.2. The van der Waals surface area contributed by atoms with Crippen LogP contribution in [-0.4, -0.2) is 41.1 Å². The van der Waals surface area contributed by atoms with Gasteiger partial charge in [0.15, 0.2) is 11.5 Å². The number of amides is 4. The highest BCUT2D eigenvalue weighted by molar-refractivity contribution is 6.10. The van der Waals surface area contributed by atoms with Gasteiger partial charge >= 0.3 is 12.3 Å². The summed E-state index contributed by atoms with van der Waals surface area (Å²) in [6.45, 7) is 1.18. The zero-order valence-corrected chi connectivity index (χ0v) is 13.7. The quantitative estimate of drug-likeness (QED) is 0.789. The summed E-state index contributed by atoms with van der Waals surface area (Å²) in [5, 5.41) is 5.09. The molecule has 8 nitrogen and oxygen atoms in total. The van der Waals surface area contributed by atoms with Crippen LogP contribution in [0.1, 0.15) is 19.8 Å². The number of imide groups is 1. The topological polar surface area (TPSA) is 97.0 Å². The molecule has 2 heterocycles. The molecule has 0 unspecified atom stereocenters. The molecule has 2 aliphatic heterocycles. The first-order valence-electron chi connectivity index (χ1n) is 8.02. The normalized spacial score (nSPS) is 26.0. The largest absolute Gasteiger partial charge is 0.586 e. The first-order valence-corrected chi connectivity index (χ1v) is 8.02. The van der Waals surface area contributed by atoms with Crippen molar-refractivity contribution >= 4 is 23.5 Å². The number of urea groups is 1. The van der Waals surface area contributed by atoms with E-state index in [2.05, 4.69) is 20.1 Å². The van der Waals surface area contributed by atoms with E-state index in [0.29, 0.717) is 0 Å². The van der Waals surface area contributed by atoms with Crippen molar-refractivity contribution in [3.05, 3.63) is 18.2 Å². The molecular weight excluding hydrogens is 352 g/mol. The minimum atomic E-state index is -3.75. The molecule has 4 rings (SSSR count). The van der Waals surface area contributed by atoms with Crippen LogP contribution in [0.2, 0.25) is 0 Å². The van der Waals surface area contributed by atoms with Crippen LogP contribution in [0.25, 0.3) is 0 Å². The Hall–Kier alpha value is -2.91. The number of rotatable bonds is 4. The predicted molar refractivity (Wildman–Crippen MR) is 82.6 cm³/mol. The fourth-order valence-electron chi connectivity index (χ4n) is 3.17. The number of benzene rings is 1. The van der Waals surface area contributed by atoms with Crippen molar-refractivity contribution in [1.29, 1.82) is 0 Å². The number of alkyl halides is 2. The van der Waals surface area contributed by atoms with Crippen molar-refractivity contribution in [3.63, 3.8) is 0 Å². The van der Waals surface area contributed by atoms with Gasteiger partial charge < -0.3 is 20.1 Å². The number of anilines is 1. The molecule has 1 saturated heterocycles. The van der Waals surface area contributed by atoms with Crippen LogP contribution >= 0.6 is 0 Å². The van der Waals surface area contributed by atoms with Crippen molar-refractivity contribution in [2.75, 3.05) is 11.9 Å². The number of fused-ring (bicyclic) bond motifs is 1. The Morgan fingerprint density at radius 2 is 2.00 bits per heavy atom. The van der Waals surface area contributed by atoms with Gasteiger partial charge in [-0.15, -0.1) is 8.78 Å². The third-order valence-corrected chi connectivity index (χ3v) is 4.68. The molecule has 4 amide bonds. The fourth-order valence-corrected chi connectivity index (χ4v) is 3.17. The van der Waals surface area contributed by atoms with E-state index in [1.54, 1.807) is 6.92 Å². The van der Waals surface area contributed by atoms with Gasteiger partial charge in [-0.1, -0.05) is 0 Å². The Morgan fingerprint density at radius 3 is 2.69 bits per heavy atom. The second-order valence-electron chi connectivity index (χ2n) is 6.68. The van der Waals surface area contributed by atoms with E-state index in [9.17, 15) is 23.2 Å². The molecule has 0 bridgehead atoms. The van der Waals surface area contributed by atoms with E-state index in [-0.39, 0.29) is 23.1 Å². The molecule has 1 aliphatic carbocycles. The number of carbonyl (C=O) groups is 3. The van der Waals surface area contributed by atoms with Crippen molar-refractivity contribution < 1.29 is 32.6 Å². The highest BCUT2D eigenvalue weighted by Crippen LogP contribution is 2.43. The van der Waals surface area contributed by atoms with E-state index in [1.807, 2.05) is 0 Å². The smallest absolute Gasteiger partial charge is 0.395 e. The maximum Gasteiger partial charge on any atom is 0.586 e. The van der Waals surface area contributed by atoms with Gasteiger partial charge in [0.25, 0.3) is 5.91 Å². The molecule has 0 spiro atoms. The molecule has 3 aliphatic rings. The van der Waals surface area contributed by atoms with Gasteiger partial charge in [0.05, 0.1) is 0 Å². The van der Waals surface area contributed by atoms with Gasteiger partial charge in [-0.05, 0) is 37.8 Å². The van der Waals surface area contributed by atoms with E-state index in [4.69, 9.17) is 0 Å². The molecule has 1 aromatic carbocycles. The summed E-state index contributed by atoms with van der Waals surface area (Å²) in [4.78, 5) is 37.5. The summed E-state index contributed by atoms with van der Waals surface area (Å²) in [6, 6.07) is 3.13. The maximum absolute atomic E-state index is 13.0. The number of halogens is 2. The Kier molecular flexibility index (Phi) is 3.37. The van der Waals surface area contributed by atoms with Gasteiger partial charge in [-0.25, -0.2) is 4.79 Å². The summed E-state index contributed by atoms with van der Waals surface area (Å²) < 4.78 is 34.6. The Labute approximate surface area is 146 Å². The summed E-state index contributed by atoms with van der Waals surface area (Å²) in [7, 11) is 0. The lowest BCUT2D eigenvalue weighted by molar-refractivity contribution is -0.286. The standard InChI is InChI=1S/C16H15F2N3O5/c1-15(8-2-3-8)13(23)21(14(24)20-15)7-12(22)19-9-4-5-10-11(6-9)26-16(17,18)25-10/h4-6,8H,2-3,7H2,1H3,(H,19,22)(H,20,24)/t15-/m1/s1. The average molecular weight is 367 g/mol. The van der Waals surface area contributed by atoms with E-state index < -0.39 is 36.2 Å².